The van der Waals surface area contributed by atoms with E-state index in [0.29, 0.717) is 5.95 Å². The molecule has 1 fully saturated rings. The van der Waals surface area contributed by atoms with Crippen LogP contribution in [0.25, 0.3) is 0 Å². The average molecular weight is 237 g/mol. The van der Waals surface area contributed by atoms with Crippen LogP contribution in [-0.4, -0.2) is 46.3 Å². The number of carboxylic acids is 1. The van der Waals surface area contributed by atoms with Crippen molar-refractivity contribution in [3.63, 3.8) is 0 Å². The first kappa shape index (κ1) is 11.8. The monoisotopic (exact) mass is 237 g/mol. The van der Waals surface area contributed by atoms with E-state index in [-0.39, 0.29) is 17.8 Å². The van der Waals surface area contributed by atoms with Crippen LogP contribution < -0.4 is 4.90 Å². The molecule has 0 aliphatic carbocycles. The van der Waals surface area contributed by atoms with Gasteiger partial charge in [0.15, 0.2) is 0 Å². The molecule has 2 heterocycles. The van der Waals surface area contributed by atoms with Crippen molar-refractivity contribution >= 4 is 11.9 Å². The zero-order chi connectivity index (χ0) is 12.4. The van der Waals surface area contributed by atoms with E-state index in [9.17, 15) is 4.79 Å². The number of hydrogen-bond donors (Lipinski definition) is 1. The third-order valence-corrected chi connectivity index (χ3v) is 2.59. The molecule has 92 valence electrons. The van der Waals surface area contributed by atoms with E-state index >= 15 is 0 Å². The third-order valence-electron chi connectivity index (χ3n) is 2.59. The molecule has 0 bridgehead atoms. The van der Waals surface area contributed by atoms with Crippen LogP contribution >= 0.6 is 0 Å². The normalized spacial score (nSPS) is 24.7. The number of carbonyl (C=O) groups is 1. The molecular weight excluding hydrogens is 222 g/mol. The van der Waals surface area contributed by atoms with Crippen LogP contribution in [0.15, 0.2) is 12.4 Å². The lowest BCUT2D eigenvalue weighted by Gasteiger charge is -2.35. The average Bonchev–Trinajstić information content (AvgIpc) is 2.28. The highest BCUT2D eigenvalue weighted by atomic mass is 16.5. The molecule has 6 nitrogen and oxygen atoms in total. The molecule has 0 amide bonds. The molecule has 6 heteroatoms. The molecule has 0 saturated carbocycles. The number of rotatable bonds is 2. The predicted molar refractivity (Wildman–Crippen MR) is 61.2 cm³/mol. The van der Waals surface area contributed by atoms with Crippen molar-refractivity contribution in [2.75, 3.05) is 18.0 Å². The molecule has 1 saturated heterocycles. The SMILES string of the molecule is C[C@@H]1CN(c2ncc(C(=O)O)cn2)C[C@H](C)O1. The van der Waals surface area contributed by atoms with Crippen molar-refractivity contribution in [3.8, 4) is 0 Å². The van der Waals surface area contributed by atoms with Gasteiger partial charge in [-0.2, -0.15) is 0 Å². The molecule has 17 heavy (non-hydrogen) atoms. The van der Waals surface area contributed by atoms with Gasteiger partial charge in [0.1, 0.15) is 0 Å². The van der Waals surface area contributed by atoms with E-state index in [1.54, 1.807) is 0 Å². The summed E-state index contributed by atoms with van der Waals surface area (Å²) in [6.07, 6.45) is 2.91. The fourth-order valence-electron chi connectivity index (χ4n) is 1.94. The molecule has 2 rings (SSSR count). The van der Waals surface area contributed by atoms with Crippen LogP contribution in [0, 0.1) is 0 Å². The minimum Gasteiger partial charge on any atom is -0.478 e. The Kier molecular flexibility index (Phi) is 3.23. The third kappa shape index (κ3) is 2.71. The van der Waals surface area contributed by atoms with E-state index in [1.165, 1.54) is 12.4 Å². The fourth-order valence-corrected chi connectivity index (χ4v) is 1.94. The van der Waals surface area contributed by atoms with Gasteiger partial charge in [-0.3, -0.25) is 0 Å². The maximum absolute atomic E-state index is 10.7. The largest absolute Gasteiger partial charge is 0.478 e. The standard InChI is InChI=1S/C11H15N3O3/c1-7-5-14(6-8(2)17-7)11-12-3-9(4-13-11)10(15)16/h3-4,7-8H,5-6H2,1-2H3,(H,15,16)/t7-,8+. The molecule has 1 N–H and O–H groups in total. The minimum atomic E-state index is -1.01. The zero-order valence-electron chi connectivity index (χ0n) is 9.83. The van der Waals surface area contributed by atoms with Gasteiger partial charge in [0.05, 0.1) is 17.8 Å². The van der Waals surface area contributed by atoms with Crippen LogP contribution in [0.2, 0.25) is 0 Å². The van der Waals surface area contributed by atoms with Crippen LogP contribution in [0.4, 0.5) is 5.95 Å². The molecule has 1 aliphatic heterocycles. The highest BCUT2D eigenvalue weighted by molar-refractivity contribution is 5.86. The first-order valence-corrected chi connectivity index (χ1v) is 5.52. The van der Waals surface area contributed by atoms with Crippen LogP contribution in [-0.2, 0) is 4.74 Å². The Hall–Kier alpha value is -1.69. The van der Waals surface area contributed by atoms with Gasteiger partial charge < -0.3 is 14.7 Å². The van der Waals surface area contributed by atoms with Gasteiger partial charge in [-0.1, -0.05) is 0 Å². The summed E-state index contributed by atoms with van der Waals surface area (Å²) in [5.74, 6) is -0.461. The van der Waals surface area contributed by atoms with Crippen molar-refractivity contribution in [1.29, 1.82) is 0 Å². The molecule has 0 spiro atoms. The second-order valence-corrected chi connectivity index (χ2v) is 4.24. The number of carboxylic acid groups (broad SMARTS) is 1. The first-order chi connectivity index (χ1) is 8.06. The van der Waals surface area contributed by atoms with Crippen LogP contribution in [0.3, 0.4) is 0 Å². The Morgan fingerprint density at radius 3 is 2.35 bits per heavy atom. The van der Waals surface area contributed by atoms with E-state index in [2.05, 4.69) is 9.97 Å². The Labute approximate surface area is 99.2 Å². The first-order valence-electron chi connectivity index (χ1n) is 5.52. The van der Waals surface area contributed by atoms with Crippen molar-refractivity contribution < 1.29 is 14.6 Å². The number of nitrogens with zero attached hydrogens (tertiary/aromatic N) is 3. The van der Waals surface area contributed by atoms with Gasteiger partial charge >= 0.3 is 5.97 Å². The molecule has 1 aliphatic rings. The van der Waals surface area contributed by atoms with E-state index < -0.39 is 5.97 Å². The Morgan fingerprint density at radius 2 is 1.88 bits per heavy atom. The number of aromatic carboxylic acids is 1. The minimum absolute atomic E-state index is 0.100. The maximum Gasteiger partial charge on any atom is 0.338 e. The number of anilines is 1. The molecule has 2 atom stereocenters. The van der Waals surface area contributed by atoms with Crippen LogP contribution in [0.5, 0.6) is 0 Å². The summed E-state index contributed by atoms with van der Waals surface area (Å²) < 4.78 is 5.61. The zero-order valence-corrected chi connectivity index (χ0v) is 9.83. The Morgan fingerprint density at radius 1 is 1.35 bits per heavy atom. The van der Waals surface area contributed by atoms with Crippen molar-refractivity contribution in [2.24, 2.45) is 0 Å². The number of hydrogen-bond acceptors (Lipinski definition) is 5. The number of aromatic nitrogens is 2. The summed E-state index contributed by atoms with van der Waals surface area (Å²) in [6.45, 7) is 5.43. The van der Waals surface area contributed by atoms with Gasteiger partial charge in [0, 0.05) is 25.5 Å². The lowest BCUT2D eigenvalue weighted by molar-refractivity contribution is -0.00573. The maximum atomic E-state index is 10.7. The fraction of sp³-hybridized carbons (Fsp3) is 0.545. The molecule has 0 radical (unpaired) electrons. The van der Waals surface area contributed by atoms with E-state index in [4.69, 9.17) is 9.84 Å². The van der Waals surface area contributed by atoms with Crippen molar-refractivity contribution in [3.05, 3.63) is 18.0 Å². The van der Waals surface area contributed by atoms with Gasteiger partial charge in [0.25, 0.3) is 0 Å². The topological polar surface area (TPSA) is 75.6 Å². The molecular formula is C11H15N3O3. The Balaban J connectivity index is 2.14. The van der Waals surface area contributed by atoms with Gasteiger partial charge in [0.2, 0.25) is 5.95 Å². The smallest absolute Gasteiger partial charge is 0.338 e. The summed E-state index contributed by atoms with van der Waals surface area (Å²) in [5, 5.41) is 8.76. The lowest BCUT2D eigenvalue weighted by Crippen LogP contribution is -2.46. The lowest BCUT2D eigenvalue weighted by atomic mass is 10.2. The second kappa shape index (κ2) is 4.67. The highest BCUT2D eigenvalue weighted by Crippen LogP contribution is 2.15. The number of ether oxygens (including phenoxy) is 1. The molecule has 0 aromatic carbocycles. The second-order valence-electron chi connectivity index (χ2n) is 4.24. The summed E-state index contributed by atoms with van der Waals surface area (Å²) in [7, 11) is 0. The molecule has 0 unspecified atom stereocenters. The highest BCUT2D eigenvalue weighted by Gasteiger charge is 2.23. The van der Waals surface area contributed by atoms with Gasteiger partial charge in [-0.05, 0) is 13.8 Å². The van der Waals surface area contributed by atoms with Crippen LogP contribution in [0.1, 0.15) is 24.2 Å². The summed E-state index contributed by atoms with van der Waals surface area (Å²) in [6, 6.07) is 0. The molecule has 1 aromatic rings. The quantitative estimate of drug-likeness (QED) is 0.819. The Bertz CT molecular complexity index is 397. The van der Waals surface area contributed by atoms with Crippen molar-refractivity contribution in [1.82, 2.24) is 9.97 Å². The summed E-state index contributed by atoms with van der Waals surface area (Å²) in [4.78, 5) is 20.8. The van der Waals surface area contributed by atoms with Gasteiger partial charge in [-0.25, -0.2) is 14.8 Å². The summed E-state index contributed by atoms with van der Waals surface area (Å²) in [5.41, 5.74) is 0.100. The van der Waals surface area contributed by atoms with Crippen molar-refractivity contribution in [2.45, 2.75) is 26.1 Å². The van der Waals surface area contributed by atoms with E-state index in [1.807, 2.05) is 18.7 Å². The van der Waals surface area contributed by atoms with Gasteiger partial charge in [-0.15, -0.1) is 0 Å². The number of morpholine rings is 1. The van der Waals surface area contributed by atoms with E-state index in [0.717, 1.165) is 13.1 Å². The summed E-state index contributed by atoms with van der Waals surface area (Å²) >= 11 is 0. The molecule has 1 aromatic heterocycles. The predicted octanol–water partition coefficient (Wildman–Crippen LogP) is 0.788.